The van der Waals surface area contributed by atoms with E-state index in [0.29, 0.717) is 24.5 Å². The molecule has 4 aromatic carbocycles. The standard InChI is InChI=1S/C40H46N6O5S2/c1-30-7-5-6-8-33(30)27-31-17-21-45(22-18-31)35-13-11-32(12-14-35)40(41)43-53(49,50)37-15-16-38(39(28-37)46(47)48)42-34(19-20-44-23-25-51-26-24-44)29-52-36-9-3-2-4-10-36/h2-16,27-28,34,42H,17-26,29H2,1H3,(H2,41,43)/t34-/m1/s1. The number of aryl methyl sites for hydroxylation is 1. The van der Waals surface area contributed by atoms with Gasteiger partial charge in [0.25, 0.3) is 15.7 Å². The van der Waals surface area contributed by atoms with E-state index in [1.54, 1.807) is 23.9 Å². The number of nitrogens with zero attached hydrogens (tertiary/aromatic N) is 4. The summed E-state index contributed by atoms with van der Waals surface area (Å²) in [6.45, 7) is 7.72. The van der Waals surface area contributed by atoms with Crippen molar-refractivity contribution in [2.75, 3.05) is 61.9 Å². The van der Waals surface area contributed by atoms with Crippen LogP contribution in [0.15, 0.2) is 117 Å². The Morgan fingerprint density at radius 3 is 2.38 bits per heavy atom. The summed E-state index contributed by atoms with van der Waals surface area (Å²) in [5.74, 6) is 0.472. The van der Waals surface area contributed by atoms with E-state index in [1.807, 2.05) is 42.5 Å². The number of benzene rings is 4. The molecule has 2 aliphatic rings. The zero-order chi connectivity index (χ0) is 37.2. The van der Waals surface area contributed by atoms with Crippen LogP contribution in [0, 0.1) is 17.0 Å². The molecule has 1 atom stereocenters. The Morgan fingerprint density at radius 1 is 0.981 bits per heavy atom. The predicted molar refractivity (Wildman–Crippen MR) is 215 cm³/mol. The first kappa shape index (κ1) is 38.0. The van der Waals surface area contributed by atoms with Crippen molar-refractivity contribution in [2.24, 2.45) is 10.1 Å². The van der Waals surface area contributed by atoms with Crippen molar-refractivity contribution in [1.29, 1.82) is 0 Å². The monoisotopic (exact) mass is 754 g/mol. The van der Waals surface area contributed by atoms with Crippen molar-refractivity contribution in [3.8, 4) is 0 Å². The van der Waals surface area contributed by atoms with Crippen LogP contribution in [0.1, 0.15) is 36.0 Å². The Labute approximate surface area is 316 Å². The number of hydrogen-bond donors (Lipinski definition) is 2. The highest BCUT2D eigenvalue weighted by molar-refractivity contribution is 7.99. The molecule has 278 valence electrons. The van der Waals surface area contributed by atoms with Crippen molar-refractivity contribution in [3.05, 3.63) is 129 Å². The van der Waals surface area contributed by atoms with Gasteiger partial charge < -0.3 is 20.7 Å². The molecule has 11 nitrogen and oxygen atoms in total. The van der Waals surface area contributed by atoms with Gasteiger partial charge >= 0.3 is 0 Å². The van der Waals surface area contributed by atoms with Gasteiger partial charge in [0.15, 0.2) is 0 Å². The van der Waals surface area contributed by atoms with Crippen LogP contribution in [-0.4, -0.2) is 81.8 Å². The fraction of sp³-hybridized carbons (Fsp3) is 0.325. The molecule has 3 N–H and O–H groups in total. The summed E-state index contributed by atoms with van der Waals surface area (Å²) in [5.41, 5.74) is 11.5. The number of nitro benzene ring substituents is 1. The molecule has 2 heterocycles. The minimum atomic E-state index is -4.35. The lowest BCUT2D eigenvalue weighted by molar-refractivity contribution is -0.384. The first-order valence-electron chi connectivity index (χ1n) is 17.9. The van der Waals surface area contributed by atoms with Gasteiger partial charge in [-0.15, -0.1) is 16.2 Å². The highest BCUT2D eigenvalue weighted by atomic mass is 32.2. The lowest BCUT2D eigenvalue weighted by atomic mass is 9.98. The lowest BCUT2D eigenvalue weighted by Gasteiger charge is -2.30. The van der Waals surface area contributed by atoms with Crippen molar-refractivity contribution in [3.63, 3.8) is 0 Å². The van der Waals surface area contributed by atoms with Gasteiger partial charge in [0, 0.05) is 66.7 Å². The molecule has 2 saturated heterocycles. The Hall–Kier alpha value is -4.69. The van der Waals surface area contributed by atoms with Crippen LogP contribution in [0.5, 0.6) is 0 Å². The zero-order valence-corrected chi connectivity index (χ0v) is 31.5. The highest BCUT2D eigenvalue weighted by Crippen LogP contribution is 2.31. The molecule has 0 spiro atoms. The third kappa shape index (κ3) is 10.5. The molecule has 6 rings (SSSR count). The molecule has 0 aliphatic carbocycles. The van der Waals surface area contributed by atoms with Crippen LogP contribution in [0.25, 0.3) is 6.08 Å². The first-order valence-corrected chi connectivity index (χ1v) is 20.3. The Kier molecular flexibility index (Phi) is 12.8. The minimum absolute atomic E-state index is 0.122. The zero-order valence-electron chi connectivity index (χ0n) is 29.9. The van der Waals surface area contributed by atoms with Gasteiger partial charge in [0.1, 0.15) is 11.5 Å². The smallest absolute Gasteiger partial charge is 0.293 e. The number of ether oxygens (including phenoxy) is 1. The summed E-state index contributed by atoms with van der Waals surface area (Å²) < 4.78 is 36.2. The van der Waals surface area contributed by atoms with Gasteiger partial charge in [-0.3, -0.25) is 15.0 Å². The molecular formula is C40H46N6O5S2. The summed E-state index contributed by atoms with van der Waals surface area (Å²) in [6.07, 6.45) is 4.95. The first-order chi connectivity index (χ1) is 25.6. The van der Waals surface area contributed by atoms with E-state index in [0.717, 1.165) is 68.6 Å². The molecule has 0 unspecified atom stereocenters. The number of piperidine rings is 1. The van der Waals surface area contributed by atoms with Gasteiger partial charge in [0.05, 0.1) is 23.0 Å². The van der Waals surface area contributed by atoms with E-state index in [4.69, 9.17) is 10.5 Å². The van der Waals surface area contributed by atoms with E-state index in [1.165, 1.54) is 28.8 Å². The molecule has 2 aliphatic heterocycles. The maximum atomic E-state index is 13.4. The van der Waals surface area contributed by atoms with Crippen molar-refractivity contribution in [1.82, 2.24) is 4.90 Å². The lowest BCUT2D eigenvalue weighted by Crippen LogP contribution is -2.39. The molecule has 0 saturated carbocycles. The molecular weight excluding hydrogens is 709 g/mol. The second kappa shape index (κ2) is 17.9. The number of rotatable bonds is 14. The molecule has 0 amide bonds. The fourth-order valence-corrected chi connectivity index (χ4v) is 8.45. The Bertz CT molecular complexity index is 2020. The fourth-order valence-electron chi connectivity index (χ4n) is 6.48. The minimum Gasteiger partial charge on any atom is -0.383 e. The van der Waals surface area contributed by atoms with Gasteiger partial charge in [-0.05, 0) is 85.8 Å². The molecule has 13 heteroatoms. The Balaban J connectivity index is 1.12. The number of thioether (sulfide) groups is 1. The predicted octanol–water partition coefficient (Wildman–Crippen LogP) is 6.98. The van der Waals surface area contributed by atoms with E-state index in [9.17, 15) is 18.5 Å². The number of nitro groups is 1. The Morgan fingerprint density at radius 2 is 1.68 bits per heavy atom. The topological polar surface area (TPSA) is 143 Å². The van der Waals surface area contributed by atoms with Crippen LogP contribution < -0.4 is 16.0 Å². The van der Waals surface area contributed by atoms with Crippen LogP contribution in [0.2, 0.25) is 0 Å². The largest absolute Gasteiger partial charge is 0.383 e. The van der Waals surface area contributed by atoms with Crippen molar-refractivity contribution < 1.29 is 18.1 Å². The number of hydrogen-bond acceptors (Lipinski definition) is 9. The average Bonchev–Trinajstić information content (AvgIpc) is 3.17. The maximum absolute atomic E-state index is 13.4. The molecule has 4 aromatic rings. The maximum Gasteiger partial charge on any atom is 0.293 e. The number of amidine groups is 1. The number of anilines is 2. The normalized spacial score (nSPS) is 16.3. The van der Waals surface area contributed by atoms with Gasteiger partial charge in [0.2, 0.25) is 0 Å². The molecule has 0 radical (unpaired) electrons. The van der Waals surface area contributed by atoms with Crippen molar-refractivity contribution in [2.45, 2.75) is 42.0 Å². The highest BCUT2D eigenvalue weighted by Gasteiger charge is 2.24. The average molecular weight is 755 g/mol. The van der Waals surface area contributed by atoms with Crippen LogP contribution >= 0.6 is 11.8 Å². The van der Waals surface area contributed by atoms with E-state index in [2.05, 4.69) is 56.8 Å². The molecule has 0 aromatic heterocycles. The number of sulfonamides is 1. The van der Waals surface area contributed by atoms with Gasteiger partial charge in [-0.1, -0.05) is 54.1 Å². The van der Waals surface area contributed by atoms with Crippen LogP contribution in [0.3, 0.4) is 0 Å². The van der Waals surface area contributed by atoms with Crippen LogP contribution in [-0.2, 0) is 14.8 Å². The van der Waals surface area contributed by atoms with E-state index >= 15 is 0 Å². The molecule has 53 heavy (non-hydrogen) atoms. The summed E-state index contributed by atoms with van der Waals surface area (Å²) >= 11 is 1.66. The van der Waals surface area contributed by atoms with Gasteiger partial charge in [-0.25, -0.2) is 0 Å². The van der Waals surface area contributed by atoms with Crippen molar-refractivity contribution >= 4 is 50.8 Å². The van der Waals surface area contributed by atoms with Gasteiger partial charge in [-0.2, -0.15) is 8.42 Å². The summed E-state index contributed by atoms with van der Waals surface area (Å²) in [4.78, 5) is 17.1. The van der Waals surface area contributed by atoms with E-state index in [-0.39, 0.29) is 28.1 Å². The third-order valence-corrected chi connectivity index (χ3v) is 12.1. The second-order valence-electron chi connectivity index (χ2n) is 13.3. The molecule has 2 fully saturated rings. The number of nitrogens with two attached hydrogens (primary N) is 1. The molecule has 0 bridgehead atoms. The summed E-state index contributed by atoms with van der Waals surface area (Å²) in [6, 6.07) is 29.4. The third-order valence-electron chi connectivity index (χ3n) is 9.62. The SMILES string of the molecule is Cc1ccccc1C=C1CCN(c2ccc(/C(N)=N\S(=O)(=O)c3ccc(N[C@H](CCN4CCOCC4)CSc4ccccc4)c([N+](=O)[O-])c3)cc2)CC1. The summed E-state index contributed by atoms with van der Waals surface area (Å²) in [5, 5.41) is 15.6. The number of nitrogens with one attached hydrogen (secondary N) is 1. The summed E-state index contributed by atoms with van der Waals surface area (Å²) in [7, 11) is -4.35. The number of morpholine rings is 1. The second-order valence-corrected chi connectivity index (χ2v) is 16.0. The van der Waals surface area contributed by atoms with Crippen LogP contribution in [0.4, 0.5) is 17.1 Å². The van der Waals surface area contributed by atoms with E-state index < -0.39 is 14.9 Å². The quantitative estimate of drug-likeness (QED) is 0.0455.